The van der Waals surface area contributed by atoms with E-state index in [1.54, 1.807) is 23.1 Å². The molecule has 10 heteroatoms. The number of hydrogen-bond donors (Lipinski definition) is 3. The largest absolute Gasteiger partial charge is 0.481 e. The third-order valence-electron chi connectivity index (χ3n) is 6.37. The Labute approximate surface area is 209 Å². The number of nitrogens with zero attached hydrogens (tertiary/aromatic N) is 2. The van der Waals surface area contributed by atoms with Gasteiger partial charge < -0.3 is 16.2 Å². The van der Waals surface area contributed by atoms with Crippen LogP contribution in [0.1, 0.15) is 56.9 Å². The van der Waals surface area contributed by atoms with Crippen LogP contribution < -0.4 is 11.1 Å². The van der Waals surface area contributed by atoms with Gasteiger partial charge in [0.05, 0.1) is 30.4 Å². The minimum Gasteiger partial charge on any atom is -0.481 e. The van der Waals surface area contributed by atoms with Crippen molar-refractivity contribution >= 4 is 29.2 Å². The van der Waals surface area contributed by atoms with Crippen LogP contribution in [0.2, 0.25) is 5.02 Å². The number of hydrogen-bond acceptors (Lipinski definition) is 5. The molecular weight excluding hydrogens is 478 g/mol. The Morgan fingerprint density at radius 1 is 1.29 bits per heavy atom. The number of rotatable bonds is 10. The molecule has 1 amide bonds. The van der Waals surface area contributed by atoms with Gasteiger partial charge >= 0.3 is 5.97 Å². The number of allylic oxidation sites excluding steroid dienone is 1. The minimum absolute atomic E-state index is 0.121. The fourth-order valence-electron chi connectivity index (χ4n) is 4.58. The predicted octanol–water partition coefficient (Wildman–Crippen LogP) is 4.00. The SMILES string of the molecule is NC(=CC(=NC1CCCC1)c1ccccc1Cl)C(=O)N[C@@H](CCN1CCCC(F)(F)C1)CC(=O)O. The molecule has 4 N–H and O–H groups in total. The van der Waals surface area contributed by atoms with Gasteiger partial charge in [0, 0.05) is 29.6 Å². The average molecular weight is 511 g/mol. The highest BCUT2D eigenvalue weighted by Gasteiger charge is 2.35. The molecule has 1 saturated heterocycles. The second-order valence-corrected chi connectivity index (χ2v) is 9.73. The van der Waals surface area contributed by atoms with E-state index in [1.165, 1.54) is 6.08 Å². The van der Waals surface area contributed by atoms with Gasteiger partial charge in [-0.05, 0) is 44.4 Å². The summed E-state index contributed by atoms with van der Waals surface area (Å²) in [6.45, 7) is 0.414. The molecule has 35 heavy (non-hydrogen) atoms. The number of alkyl halides is 2. The van der Waals surface area contributed by atoms with Crippen LogP contribution in [0.3, 0.4) is 0 Å². The summed E-state index contributed by atoms with van der Waals surface area (Å²) < 4.78 is 27.4. The first-order valence-electron chi connectivity index (χ1n) is 12.1. The number of carboxylic acids is 1. The molecular formula is C25H33ClF2N4O3. The number of nitrogens with one attached hydrogen (secondary N) is 1. The van der Waals surface area contributed by atoms with Gasteiger partial charge in [0.25, 0.3) is 11.8 Å². The van der Waals surface area contributed by atoms with Crippen LogP contribution in [-0.4, -0.2) is 65.2 Å². The Balaban J connectivity index is 1.71. The maximum absolute atomic E-state index is 13.7. The van der Waals surface area contributed by atoms with Crippen LogP contribution in [0.4, 0.5) is 8.78 Å². The molecule has 0 spiro atoms. The molecule has 1 saturated carbocycles. The summed E-state index contributed by atoms with van der Waals surface area (Å²) >= 11 is 6.37. The molecule has 7 nitrogen and oxygen atoms in total. The molecule has 1 aromatic rings. The molecule has 1 atom stereocenters. The van der Waals surface area contributed by atoms with E-state index in [9.17, 15) is 23.5 Å². The fourth-order valence-corrected chi connectivity index (χ4v) is 4.81. The molecule has 192 valence electrons. The van der Waals surface area contributed by atoms with Crippen LogP contribution in [0.25, 0.3) is 0 Å². The topological polar surface area (TPSA) is 108 Å². The summed E-state index contributed by atoms with van der Waals surface area (Å²) in [6, 6.07) is 6.53. The molecule has 1 aromatic carbocycles. The van der Waals surface area contributed by atoms with Crippen LogP contribution in [0, 0.1) is 0 Å². The van der Waals surface area contributed by atoms with Gasteiger partial charge in [-0.15, -0.1) is 0 Å². The number of likely N-dealkylation sites (tertiary alicyclic amines) is 1. The zero-order valence-electron chi connectivity index (χ0n) is 19.7. The van der Waals surface area contributed by atoms with Crippen molar-refractivity contribution in [1.82, 2.24) is 10.2 Å². The van der Waals surface area contributed by atoms with Gasteiger partial charge in [0.2, 0.25) is 0 Å². The number of carbonyl (C=O) groups is 2. The van der Waals surface area contributed by atoms with E-state index in [0.717, 1.165) is 25.7 Å². The summed E-state index contributed by atoms with van der Waals surface area (Å²) in [7, 11) is 0. The van der Waals surface area contributed by atoms with Crippen molar-refractivity contribution in [1.29, 1.82) is 0 Å². The monoisotopic (exact) mass is 510 g/mol. The van der Waals surface area contributed by atoms with Gasteiger partial charge in [-0.3, -0.25) is 19.5 Å². The fraction of sp³-hybridized carbons (Fsp3) is 0.560. The standard InChI is InChI=1S/C25H33ClF2N4O3/c26-20-9-4-3-8-19(20)22(30-17-6-1-2-7-17)15-21(29)24(35)31-18(14-23(33)34)10-13-32-12-5-11-25(27,28)16-32/h3-4,8-9,15,17-18H,1-2,5-7,10-14,16,29H2,(H,31,35)(H,33,34)/t18-/m0/s1. The molecule has 2 aliphatic rings. The Morgan fingerprint density at radius 3 is 2.66 bits per heavy atom. The van der Waals surface area contributed by atoms with E-state index in [2.05, 4.69) is 5.32 Å². The highest BCUT2D eigenvalue weighted by molar-refractivity contribution is 6.35. The molecule has 0 unspecified atom stereocenters. The maximum Gasteiger partial charge on any atom is 0.305 e. The highest BCUT2D eigenvalue weighted by atomic mass is 35.5. The van der Waals surface area contributed by atoms with E-state index in [-0.39, 0.29) is 44.1 Å². The summed E-state index contributed by atoms with van der Waals surface area (Å²) in [5.74, 6) is -4.47. The van der Waals surface area contributed by atoms with Gasteiger partial charge in [-0.25, -0.2) is 8.78 Å². The van der Waals surface area contributed by atoms with E-state index >= 15 is 0 Å². The Kier molecular flexibility index (Phi) is 9.63. The predicted molar refractivity (Wildman–Crippen MR) is 132 cm³/mol. The lowest BCUT2D eigenvalue weighted by atomic mass is 10.0. The summed E-state index contributed by atoms with van der Waals surface area (Å²) in [5, 5.41) is 12.4. The number of halogens is 3. The molecule has 1 aliphatic carbocycles. The lowest BCUT2D eigenvalue weighted by Gasteiger charge is -2.33. The maximum atomic E-state index is 13.7. The number of benzene rings is 1. The van der Waals surface area contributed by atoms with Crippen molar-refractivity contribution < 1.29 is 23.5 Å². The van der Waals surface area contributed by atoms with Crippen molar-refractivity contribution in [3.8, 4) is 0 Å². The molecule has 1 aliphatic heterocycles. The molecule has 1 heterocycles. The van der Waals surface area contributed by atoms with Crippen LogP contribution in [0.5, 0.6) is 0 Å². The first-order valence-corrected chi connectivity index (χ1v) is 12.4. The number of aliphatic imine (C=N–C) groups is 1. The second-order valence-electron chi connectivity index (χ2n) is 9.32. The zero-order chi connectivity index (χ0) is 25.4. The third-order valence-corrected chi connectivity index (χ3v) is 6.70. The highest BCUT2D eigenvalue weighted by Crippen LogP contribution is 2.27. The zero-order valence-corrected chi connectivity index (χ0v) is 20.4. The lowest BCUT2D eigenvalue weighted by Crippen LogP contribution is -2.46. The summed E-state index contributed by atoms with van der Waals surface area (Å²) in [5.41, 5.74) is 7.14. The number of amides is 1. The summed E-state index contributed by atoms with van der Waals surface area (Å²) in [4.78, 5) is 30.6. The van der Waals surface area contributed by atoms with E-state index in [0.29, 0.717) is 29.3 Å². The van der Waals surface area contributed by atoms with Crippen molar-refractivity contribution in [3.63, 3.8) is 0 Å². The normalized spacial score (nSPS) is 20.5. The van der Waals surface area contributed by atoms with Gasteiger partial charge in [0.1, 0.15) is 0 Å². The second kappa shape index (κ2) is 12.4. The number of carboxylic acid groups (broad SMARTS) is 1. The van der Waals surface area contributed by atoms with E-state index in [1.807, 2.05) is 6.07 Å². The first-order chi connectivity index (χ1) is 16.6. The third kappa shape index (κ3) is 8.58. The smallest absolute Gasteiger partial charge is 0.305 e. The van der Waals surface area contributed by atoms with E-state index < -0.39 is 23.8 Å². The van der Waals surface area contributed by atoms with Crippen molar-refractivity contribution in [3.05, 3.63) is 46.6 Å². The van der Waals surface area contributed by atoms with Crippen molar-refractivity contribution in [2.75, 3.05) is 19.6 Å². The molecule has 0 bridgehead atoms. The van der Waals surface area contributed by atoms with Crippen LogP contribution in [0.15, 0.2) is 41.0 Å². The lowest BCUT2D eigenvalue weighted by molar-refractivity contribution is -0.137. The molecule has 0 aromatic heterocycles. The first kappa shape index (κ1) is 27.1. The number of aliphatic carboxylic acids is 1. The average Bonchev–Trinajstić information content (AvgIpc) is 3.29. The number of piperidine rings is 1. The minimum atomic E-state index is -2.75. The molecule has 3 rings (SSSR count). The van der Waals surface area contributed by atoms with Crippen LogP contribution in [-0.2, 0) is 9.59 Å². The number of carbonyl (C=O) groups excluding carboxylic acids is 1. The van der Waals surface area contributed by atoms with Gasteiger partial charge in [-0.2, -0.15) is 0 Å². The van der Waals surface area contributed by atoms with Crippen LogP contribution >= 0.6 is 11.6 Å². The quantitative estimate of drug-likeness (QED) is 0.326. The Hall–Kier alpha value is -2.52. The van der Waals surface area contributed by atoms with Gasteiger partial charge in [-0.1, -0.05) is 42.6 Å². The molecule has 2 fully saturated rings. The van der Waals surface area contributed by atoms with Crippen molar-refractivity contribution in [2.24, 2.45) is 10.7 Å². The Bertz CT molecular complexity index is 964. The summed E-state index contributed by atoms with van der Waals surface area (Å²) in [6.07, 6.45) is 5.66. The Morgan fingerprint density at radius 2 is 2.00 bits per heavy atom. The van der Waals surface area contributed by atoms with Gasteiger partial charge in [0.15, 0.2) is 0 Å². The van der Waals surface area contributed by atoms with E-state index in [4.69, 9.17) is 22.3 Å². The molecule has 0 radical (unpaired) electrons. The van der Waals surface area contributed by atoms with Crippen molar-refractivity contribution in [2.45, 2.75) is 69.4 Å². The number of nitrogens with two attached hydrogens (primary N) is 1.